The summed E-state index contributed by atoms with van der Waals surface area (Å²) in [6.45, 7) is 3.55. The summed E-state index contributed by atoms with van der Waals surface area (Å²) < 4.78 is 5.46. The van der Waals surface area contributed by atoms with Crippen LogP contribution < -0.4 is 10.9 Å². The van der Waals surface area contributed by atoms with Crippen molar-refractivity contribution < 1.29 is 9.52 Å². The summed E-state index contributed by atoms with van der Waals surface area (Å²) in [7, 11) is 0. The van der Waals surface area contributed by atoms with Crippen LogP contribution in [0.1, 0.15) is 16.8 Å². The third-order valence-corrected chi connectivity index (χ3v) is 5.12. The van der Waals surface area contributed by atoms with Crippen molar-refractivity contribution >= 4 is 33.1 Å². The number of fused-ring (bicyclic) bond motifs is 1. The summed E-state index contributed by atoms with van der Waals surface area (Å²) in [5.41, 5.74) is 3.34. The zero-order valence-electron chi connectivity index (χ0n) is 14.7. The van der Waals surface area contributed by atoms with E-state index >= 15 is 0 Å². The van der Waals surface area contributed by atoms with Crippen LogP contribution in [0.15, 0.2) is 45.7 Å². The maximum Gasteiger partial charge on any atom is 0.346 e. The van der Waals surface area contributed by atoms with Gasteiger partial charge in [0.25, 0.3) is 0 Å². The van der Waals surface area contributed by atoms with Gasteiger partial charge in [0.05, 0.1) is 17.9 Å². The fourth-order valence-corrected chi connectivity index (χ4v) is 3.53. The van der Waals surface area contributed by atoms with E-state index in [1.54, 1.807) is 19.2 Å². The van der Waals surface area contributed by atoms with Crippen molar-refractivity contribution in [2.75, 3.05) is 5.32 Å². The zero-order valence-corrected chi connectivity index (χ0v) is 15.5. The molecule has 2 N–H and O–H groups in total. The average molecular weight is 380 g/mol. The van der Waals surface area contributed by atoms with Crippen LogP contribution in [0.3, 0.4) is 0 Å². The number of hydrogen-bond donors (Lipinski definition) is 2. The Morgan fingerprint density at radius 3 is 2.81 bits per heavy atom. The van der Waals surface area contributed by atoms with Crippen molar-refractivity contribution in [2.24, 2.45) is 0 Å². The molecule has 0 spiro atoms. The van der Waals surface area contributed by atoms with E-state index in [4.69, 9.17) is 4.42 Å². The quantitative estimate of drug-likeness (QED) is 0.558. The lowest BCUT2D eigenvalue weighted by Crippen LogP contribution is -2.05. The van der Waals surface area contributed by atoms with Crippen molar-refractivity contribution in [3.8, 4) is 10.6 Å². The number of para-hydroxylation sites is 1. The summed E-state index contributed by atoms with van der Waals surface area (Å²) in [6, 6.07) is 9.52. The summed E-state index contributed by atoms with van der Waals surface area (Å²) in [5.74, 6) is 0. The molecule has 0 atom stereocenters. The van der Waals surface area contributed by atoms with E-state index in [-0.39, 0.29) is 6.61 Å². The minimum atomic E-state index is -0.513. The molecule has 3 aromatic heterocycles. The van der Waals surface area contributed by atoms with E-state index in [1.807, 2.05) is 31.2 Å². The first-order valence-electron chi connectivity index (χ1n) is 8.26. The average Bonchev–Trinajstić information content (AvgIpc) is 3.12. The van der Waals surface area contributed by atoms with Crippen molar-refractivity contribution in [2.45, 2.75) is 20.5 Å². The highest BCUT2D eigenvalue weighted by molar-refractivity contribution is 7.18. The molecule has 0 aliphatic carbocycles. The SMILES string of the molecule is Cc1ccccc1Nc1nnc(-c2cc3c(CO)cnc(C)c3oc2=O)s1. The van der Waals surface area contributed by atoms with Gasteiger partial charge in [-0.2, -0.15) is 0 Å². The lowest BCUT2D eigenvalue weighted by molar-refractivity contribution is 0.282. The van der Waals surface area contributed by atoms with E-state index in [2.05, 4.69) is 20.5 Å². The molecule has 0 radical (unpaired) electrons. The maximum absolute atomic E-state index is 12.5. The normalized spacial score (nSPS) is 11.1. The molecule has 0 amide bonds. The van der Waals surface area contributed by atoms with E-state index in [9.17, 15) is 9.90 Å². The summed E-state index contributed by atoms with van der Waals surface area (Å²) in [6.07, 6.45) is 1.58. The molecule has 0 saturated carbocycles. The minimum absolute atomic E-state index is 0.201. The molecule has 0 aliphatic rings. The first kappa shape index (κ1) is 17.3. The third kappa shape index (κ3) is 3.20. The van der Waals surface area contributed by atoms with Gasteiger partial charge in [-0.25, -0.2) is 4.79 Å². The molecule has 0 aliphatic heterocycles. The Balaban J connectivity index is 1.77. The Morgan fingerprint density at radius 2 is 2.04 bits per heavy atom. The molecule has 7 nitrogen and oxygen atoms in total. The predicted octanol–water partition coefficient (Wildman–Crippen LogP) is 3.56. The second-order valence-corrected chi connectivity index (χ2v) is 7.05. The van der Waals surface area contributed by atoms with Gasteiger partial charge in [0.1, 0.15) is 0 Å². The van der Waals surface area contributed by atoms with Crippen LogP contribution in [0.2, 0.25) is 0 Å². The summed E-state index contributed by atoms with van der Waals surface area (Å²) >= 11 is 1.26. The number of nitrogens with one attached hydrogen (secondary N) is 1. The Labute approximate surface area is 158 Å². The highest BCUT2D eigenvalue weighted by Gasteiger charge is 2.16. The predicted molar refractivity (Wildman–Crippen MR) is 104 cm³/mol. The van der Waals surface area contributed by atoms with Crippen LogP contribution in [0.25, 0.3) is 21.5 Å². The number of rotatable bonds is 4. The molecule has 4 aromatic rings. The topological polar surface area (TPSA) is 101 Å². The van der Waals surface area contributed by atoms with Crippen LogP contribution in [0, 0.1) is 13.8 Å². The maximum atomic E-state index is 12.5. The van der Waals surface area contributed by atoms with E-state index in [0.717, 1.165) is 11.3 Å². The number of benzene rings is 1. The molecule has 8 heteroatoms. The lowest BCUT2D eigenvalue weighted by atomic mass is 10.1. The Morgan fingerprint density at radius 1 is 1.22 bits per heavy atom. The summed E-state index contributed by atoms with van der Waals surface area (Å²) in [5, 5.41) is 22.7. The van der Waals surface area contributed by atoms with Gasteiger partial charge in [-0.05, 0) is 31.5 Å². The highest BCUT2D eigenvalue weighted by Crippen LogP contribution is 2.30. The smallest absolute Gasteiger partial charge is 0.346 e. The molecule has 1 aromatic carbocycles. The molecule has 4 rings (SSSR count). The first-order chi connectivity index (χ1) is 13.1. The Hall–Kier alpha value is -3.10. The van der Waals surface area contributed by atoms with Crippen molar-refractivity contribution in [3.05, 3.63) is 63.8 Å². The summed E-state index contributed by atoms with van der Waals surface area (Å²) in [4.78, 5) is 16.6. The minimum Gasteiger partial charge on any atom is -0.420 e. The molecule has 27 heavy (non-hydrogen) atoms. The fourth-order valence-electron chi connectivity index (χ4n) is 2.77. The second-order valence-electron chi connectivity index (χ2n) is 6.07. The first-order valence-corrected chi connectivity index (χ1v) is 9.08. The van der Waals surface area contributed by atoms with Gasteiger partial charge in [0, 0.05) is 22.8 Å². The number of hydrogen-bond acceptors (Lipinski definition) is 8. The molecule has 0 fully saturated rings. The van der Waals surface area contributed by atoms with Crippen LogP contribution in [0.5, 0.6) is 0 Å². The zero-order chi connectivity index (χ0) is 19.0. The second kappa shape index (κ2) is 6.90. The standard InChI is InChI=1S/C19H16N4O3S/c1-10-5-3-4-6-15(10)21-19-23-22-17(27-19)14-7-13-12(9-24)8-20-11(2)16(13)26-18(14)25/h3-8,24H,9H2,1-2H3,(H,21,23). The van der Waals surface area contributed by atoms with Crippen molar-refractivity contribution in [3.63, 3.8) is 0 Å². The number of aromatic nitrogens is 3. The van der Waals surface area contributed by atoms with Crippen LogP contribution in [-0.2, 0) is 6.61 Å². The number of aryl methyl sites for hydroxylation is 2. The number of aliphatic hydroxyl groups is 1. The van der Waals surface area contributed by atoms with Crippen LogP contribution in [0.4, 0.5) is 10.8 Å². The van der Waals surface area contributed by atoms with Crippen molar-refractivity contribution in [1.29, 1.82) is 0 Å². The van der Waals surface area contributed by atoms with Gasteiger partial charge in [0.2, 0.25) is 5.13 Å². The molecule has 136 valence electrons. The van der Waals surface area contributed by atoms with Gasteiger partial charge in [-0.15, -0.1) is 10.2 Å². The van der Waals surface area contributed by atoms with Crippen molar-refractivity contribution in [1.82, 2.24) is 15.2 Å². The van der Waals surface area contributed by atoms with Gasteiger partial charge in [-0.3, -0.25) is 4.98 Å². The molecule has 0 unspecified atom stereocenters. The molecule has 0 saturated heterocycles. The fraction of sp³-hybridized carbons (Fsp3) is 0.158. The van der Waals surface area contributed by atoms with Crippen LogP contribution >= 0.6 is 11.3 Å². The largest absolute Gasteiger partial charge is 0.420 e. The van der Waals surface area contributed by atoms with Gasteiger partial charge >= 0.3 is 5.63 Å². The van der Waals surface area contributed by atoms with Gasteiger partial charge in [0.15, 0.2) is 10.6 Å². The van der Waals surface area contributed by atoms with Gasteiger partial charge < -0.3 is 14.8 Å². The Kier molecular flexibility index (Phi) is 4.43. The third-order valence-electron chi connectivity index (χ3n) is 4.25. The van der Waals surface area contributed by atoms with E-state index < -0.39 is 5.63 Å². The highest BCUT2D eigenvalue weighted by atomic mass is 32.1. The number of anilines is 2. The van der Waals surface area contributed by atoms with E-state index in [1.165, 1.54) is 11.3 Å². The number of aliphatic hydroxyl groups excluding tert-OH is 1. The van der Waals surface area contributed by atoms with E-state index in [0.29, 0.717) is 37.9 Å². The number of pyridine rings is 1. The lowest BCUT2D eigenvalue weighted by Gasteiger charge is -2.06. The Bertz CT molecular complexity index is 1200. The molecule has 0 bridgehead atoms. The van der Waals surface area contributed by atoms with Gasteiger partial charge in [-0.1, -0.05) is 29.5 Å². The molecular formula is C19H16N4O3S. The molecular weight excluding hydrogens is 364 g/mol. The monoisotopic (exact) mass is 380 g/mol. The molecule has 3 heterocycles. The van der Waals surface area contributed by atoms with Crippen LogP contribution in [-0.4, -0.2) is 20.3 Å². The number of nitrogens with zero attached hydrogens (tertiary/aromatic N) is 3.